The quantitative estimate of drug-likeness (QED) is 0.0708. The smallest absolute Gasteiger partial charge is 0.301 e. The second kappa shape index (κ2) is 12.7. The van der Waals surface area contributed by atoms with Crippen molar-refractivity contribution in [3.05, 3.63) is 94.0 Å². The minimum absolute atomic E-state index is 0.0607. The van der Waals surface area contributed by atoms with E-state index in [0.717, 1.165) is 12.0 Å². The lowest BCUT2D eigenvalue weighted by Gasteiger charge is -2.23. The van der Waals surface area contributed by atoms with E-state index in [-0.39, 0.29) is 16.5 Å². The van der Waals surface area contributed by atoms with Gasteiger partial charge in [0, 0.05) is 16.3 Å². The number of halogens is 1. The molecule has 12 heteroatoms. The molecule has 43 heavy (non-hydrogen) atoms. The van der Waals surface area contributed by atoms with Crippen LogP contribution in [0.4, 0.5) is 5.13 Å². The van der Waals surface area contributed by atoms with Crippen molar-refractivity contribution < 1.29 is 28.9 Å². The minimum atomic E-state index is -0.949. The van der Waals surface area contributed by atoms with Gasteiger partial charge in [-0.2, -0.15) is 0 Å². The molecule has 1 aromatic heterocycles. The Balaban J connectivity index is 1.37. The lowest BCUT2D eigenvalue weighted by molar-refractivity contribution is -0.132. The van der Waals surface area contributed by atoms with E-state index in [1.54, 1.807) is 42.5 Å². The maximum absolute atomic E-state index is 13.6. The molecule has 9 nitrogen and oxygen atoms in total. The fourth-order valence-electron chi connectivity index (χ4n) is 4.74. The highest BCUT2D eigenvalue weighted by molar-refractivity contribution is 8.00. The van der Waals surface area contributed by atoms with Crippen molar-refractivity contribution in [2.24, 2.45) is 0 Å². The summed E-state index contributed by atoms with van der Waals surface area (Å²) in [4.78, 5) is 28.5. The molecule has 6 rings (SSSR count). The van der Waals surface area contributed by atoms with Crippen molar-refractivity contribution >= 4 is 57.3 Å². The summed E-state index contributed by atoms with van der Waals surface area (Å²) in [6, 6.07) is 18.6. The summed E-state index contributed by atoms with van der Waals surface area (Å²) in [5.41, 5.74) is 1.92. The first-order valence-electron chi connectivity index (χ1n) is 13.6. The van der Waals surface area contributed by atoms with Crippen LogP contribution in [0.3, 0.4) is 0 Å². The maximum Gasteiger partial charge on any atom is 0.301 e. The number of nitrogens with zero attached hydrogens (tertiary/aromatic N) is 3. The standard InChI is InChI=1S/C31H26ClN3O6S2/c1-2-13-39-22-10-5-19(6-11-22)26-25(27(36)20-7-12-23-24(16-20)41-15-14-40-23)28(37)29(38)35(26)30-33-34-31(43-30)42-17-18-3-8-21(32)9-4-18/h3-12,16,26,36H,2,13-15,17H2,1H3/b27-25+. The van der Waals surface area contributed by atoms with Crippen molar-refractivity contribution in [3.8, 4) is 17.2 Å². The highest BCUT2D eigenvalue weighted by Gasteiger charge is 2.48. The van der Waals surface area contributed by atoms with Crippen LogP contribution >= 0.6 is 34.7 Å². The van der Waals surface area contributed by atoms with E-state index < -0.39 is 17.7 Å². The number of Topliss-reactive ketones (excluding diaryl/α,β-unsaturated/α-hetero) is 1. The lowest BCUT2D eigenvalue weighted by Crippen LogP contribution is -2.29. The Morgan fingerprint density at radius 2 is 1.79 bits per heavy atom. The zero-order chi connectivity index (χ0) is 29.9. The summed E-state index contributed by atoms with van der Waals surface area (Å²) in [6.45, 7) is 3.36. The average molecular weight is 636 g/mol. The number of thioether (sulfide) groups is 1. The zero-order valence-electron chi connectivity index (χ0n) is 23.0. The van der Waals surface area contributed by atoms with Gasteiger partial charge in [-0.1, -0.05) is 65.9 Å². The summed E-state index contributed by atoms with van der Waals surface area (Å²) in [7, 11) is 0. The van der Waals surface area contributed by atoms with Crippen LogP contribution < -0.4 is 19.1 Å². The highest BCUT2D eigenvalue weighted by atomic mass is 35.5. The molecule has 0 bridgehead atoms. The summed E-state index contributed by atoms with van der Waals surface area (Å²) in [6.07, 6.45) is 0.854. The van der Waals surface area contributed by atoms with Crippen LogP contribution in [0.25, 0.3) is 5.76 Å². The predicted octanol–water partition coefficient (Wildman–Crippen LogP) is 6.67. The zero-order valence-corrected chi connectivity index (χ0v) is 25.4. The number of fused-ring (bicyclic) bond motifs is 1. The number of rotatable bonds is 9. The molecule has 1 unspecified atom stereocenters. The third-order valence-corrected chi connectivity index (χ3v) is 9.19. The Morgan fingerprint density at radius 1 is 1.05 bits per heavy atom. The fourth-order valence-corrected chi connectivity index (χ4v) is 6.69. The molecule has 1 fully saturated rings. The highest BCUT2D eigenvalue weighted by Crippen LogP contribution is 2.45. The molecule has 2 aliphatic rings. The number of ketones is 1. The monoisotopic (exact) mass is 635 g/mol. The Kier molecular flexibility index (Phi) is 8.55. The van der Waals surface area contributed by atoms with E-state index in [2.05, 4.69) is 10.2 Å². The number of carbonyl (C=O) groups excluding carboxylic acids is 2. The summed E-state index contributed by atoms with van der Waals surface area (Å²) < 4.78 is 17.6. The van der Waals surface area contributed by atoms with Crippen LogP contribution in [0.15, 0.2) is 76.6 Å². The number of hydrogen-bond donors (Lipinski definition) is 1. The second-order valence-electron chi connectivity index (χ2n) is 9.71. The number of amides is 1. The molecule has 4 aromatic rings. The van der Waals surface area contributed by atoms with E-state index in [4.69, 9.17) is 25.8 Å². The third kappa shape index (κ3) is 6.06. The molecule has 1 atom stereocenters. The Hall–Kier alpha value is -4.06. The minimum Gasteiger partial charge on any atom is -0.507 e. The van der Waals surface area contributed by atoms with Gasteiger partial charge in [0.2, 0.25) is 5.13 Å². The van der Waals surface area contributed by atoms with Gasteiger partial charge >= 0.3 is 5.91 Å². The van der Waals surface area contributed by atoms with Crippen LogP contribution in [-0.2, 0) is 15.3 Å². The molecule has 0 spiro atoms. The molecule has 0 saturated carbocycles. The van der Waals surface area contributed by atoms with Crippen LogP contribution in [0.1, 0.15) is 36.1 Å². The first-order valence-corrected chi connectivity index (χ1v) is 15.8. The molecule has 0 aliphatic carbocycles. The molecule has 220 valence electrons. The van der Waals surface area contributed by atoms with Crippen molar-refractivity contribution in [3.63, 3.8) is 0 Å². The molecular weight excluding hydrogens is 610 g/mol. The number of aliphatic hydroxyl groups is 1. The third-order valence-electron chi connectivity index (χ3n) is 6.81. The summed E-state index contributed by atoms with van der Waals surface area (Å²) in [5, 5.41) is 21.0. The normalized spacial score (nSPS) is 17.3. The van der Waals surface area contributed by atoms with Crippen LogP contribution in [0, 0.1) is 0 Å². The topological polar surface area (TPSA) is 111 Å². The van der Waals surface area contributed by atoms with Crippen molar-refractivity contribution in [1.82, 2.24) is 10.2 Å². The Bertz CT molecular complexity index is 1690. The number of hydrogen-bond acceptors (Lipinski definition) is 10. The number of ether oxygens (including phenoxy) is 3. The van der Waals surface area contributed by atoms with Crippen molar-refractivity contribution in [1.29, 1.82) is 0 Å². The Labute approximate surface area is 261 Å². The van der Waals surface area contributed by atoms with Gasteiger partial charge in [-0.05, 0) is 60.0 Å². The van der Waals surface area contributed by atoms with Crippen molar-refractivity contribution in [2.75, 3.05) is 24.7 Å². The van der Waals surface area contributed by atoms with Gasteiger partial charge in [0.25, 0.3) is 5.78 Å². The van der Waals surface area contributed by atoms with Gasteiger partial charge in [-0.25, -0.2) is 0 Å². The van der Waals surface area contributed by atoms with Gasteiger partial charge in [0.05, 0.1) is 18.2 Å². The van der Waals surface area contributed by atoms with Crippen LogP contribution in [0.2, 0.25) is 5.02 Å². The van der Waals surface area contributed by atoms with Gasteiger partial charge in [-0.15, -0.1) is 10.2 Å². The van der Waals surface area contributed by atoms with E-state index in [1.165, 1.54) is 28.0 Å². The molecule has 3 aromatic carbocycles. The van der Waals surface area contributed by atoms with E-state index in [0.29, 0.717) is 63.3 Å². The largest absolute Gasteiger partial charge is 0.507 e. The summed E-state index contributed by atoms with van der Waals surface area (Å²) >= 11 is 8.66. The van der Waals surface area contributed by atoms with Crippen molar-refractivity contribution in [2.45, 2.75) is 29.5 Å². The first-order chi connectivity index (χ1) is 20.9. The lowest BCUT2D eigenvalue weighted by atomic mass is 9.95. The SMILES string of the molecule is CCCOc1ccc(C2/C(=C(\O)c3ccc4c(c3)OCCO4)C(=O)C(=O)N2c2nnc(SCc3ccc(Cl)cc3)s2)cc1. The first kappa shape index (κ1) is 29.0. The number of benzene rings is 3. The van der Waals surface area contributed by atoms with Gasteiger partial charge in [-0.3, -0.25) is 14.5 Å². The maximum atomic E-state index is 13.6. The predicted molar refractivity (Wildman–Crippen MR) is 165 cm³/mol. The second-order valence-corrected chi connectivity index (χ2v) is 12.3. The molecule has 3 heterocycles. The average Bonchev–Trinajstić information content (AvgIpc) is 3.61. The molecule has 1 amide bonds. The van der Waals surface area contributed by atoms with E-state index >= 15 is 0 Å². The van der Waals surface area contributed by atoms with E-state index in [9.17, 15) is 14.7 Å². The molecule has 1 N–H and O–H groups in total. The molecular formula is C31H26ClN3O6S2. The van der Waals surface area contributed by atoms with Gasteiger partial charge in [0.15, 0.2) is 15.8 Å². The molecule has 2 aliphatic heterocycles. The van der Waals surface area contributed by atoms with Gasteiger partial charge in [0.1, 0.15) is 24.7 Å². The number of aromatic nitrogens is 2. The number of anilines is 1. The van der Waals surface area contributed by atoms with Gasteiger partial charge < -0.3 is 19.3 Å². The van der Waals surface area contributed by atoms with E-state index in [1.807, 2.05) is 31.2 Å². The number of carbonyl (C=O) groups is 2. The fraction of sp³-hybridized carbons (Fsp3) is 0.226. The Morgan fingerprint density at radius 3 is 2.53 bits per heavy atom. The molecule has 0 radical (unpaired) electrons. The summed E-state index contributed by atoms with van der Waals surface area (Å²) in [5.74, 6) is 0.319. The van der Waals surface area contributed by atoms with Crippen LogP contribution in [0.5, 0.6) is 17.2 Å². The number of aliphatic hydroxyl groups excluding tert-OH is 1. The molecule has 1 saturated heterocycles. The van der Waals surface area contributed by atoms with Crippen LogP contribution in [-0.4, -0.2) is 46.8 Å².